The van der Waals surface area contributed by atoms with Crippen LogP contribution in [0.4, 0.5) is 0 Å². The largest absolute Gasteiger partial charge is 0.495 e. The van der Waals surface area contributed by atoms with E-state index in [2.05, 4.69) is 52.8 Å². The van der Waals surface area contributed by atoms with Gasteiger partial charge in [-0.3, -0.25) is 0 Å². The molecule has 3 heteroatoms. The van der Waals surface area contributed by atoms with E-state index in [1.807, 2.05) is 18.2 Å². The van der Waals surface area contributed by atoms with Gasteiger partial charge in [-0.2, -0.15) is 0 Å². The second kappa shape index (κ2) is 5.14. The van der Waals surface area contributed by atoms with E-state index in [0.29, 0.717) is 0 Å². The molecule has 0 aliphatic carbocycles. The van der Waals surface area contributed by atoms with E-state index in [9.17, 15) is 0 Å². The number of rotatable bonds is 3. The van der Waals surface area contributed by atoms with Gasteiger partial charge in [0.05, 0.1) is 11.2 Å². The Labute approximate surface area is 117 Å². The third-order valence-corrected chi connectivity index (χ3v) is 4.04. The minimum absolute atomic E-state index is 0.285. The lowest BCUT2D eigenvalue weighted by atomic mass is 9.73. The fourth-order valence-corrected chi connectivity index (χ4v) is 2.17. The molecule has 1 aromatic rings. The van der Waals surface area contributed by atoms with Crippen molar-refractivity contribution in [1.29, 1.82) is 0 Å². The third kappa shape index (κ3) is 2.77. The summed E-state index contributed by atoms with van der Waals surface area (Å²) in [5.41, 5.74) is 1.71. The van der Waals surface area contributed by atoms with Gasteiger partial charge >= 0.3 is 7.12 Å². The van der Waals surface area contributed by atoms with Crippen LogP contribution < -0.4 is 0 Å². The molecular formula is C16H23BO2. The summed E-state index contributed by atoms with van der Waals surface area (Å²) >= 11 is 0. The van der Waals surface area contributed by atoms with Gasteiger partial charge < -0.3 is 9.31 Å². The summed E-state index contributed by atoms with van der Waals surface area (Å²) in [5, 5.41) is 0. The smallest absolute Gasteiger partial charge is 0.399 e. The summed E-state index contributed by atoms with van der Waals surface area (Å²) in [4.78, 5) is 0. The van der Waals surface area contributed by atoms with E-state index >= 15 is 0 Å². The first-order valence-corrected chi connectivity index (χ1v) is 6.98. The molecule has 19 heavy (non-hydrogen) atoms. The average Bonchev–Trinajstić information content (AvgIpc) is 2.56. The molecule has 2 nitrogen and oxygen atoms in total. The standard InChI is InChI=1S/C16H23BO2/c1-6-10-14(13-11-8-7-9-12-13)17-18-15(2,3)16(4,5)19-17/h7-12H,6H2,1-5H3/b14-10+. The van der Waals surface area contributed by atoms with Crippen LogP contribution in [0.25, 0.3) is 5.47 Å². The van der Waals surface area contributed by atoms with Crippen LogP contribution in [-0.4, -0.2) is 18.3 Å². The van der Waals surface area contributed by atoms with Crippen molar-refractivity contribution in [2.75, 3.05) is 0 Å². The van der Waals surface area contributed by atoms with Crippen molar-refractivity contribution in [2.24, 2.45) is 0 Å². The van der Waals surface area contributed by atoms with Crippen molar-refractivity contribution in [1.82, 2.24) is 0 Å². The fourth-order valence-electron chi connectivity index (χ4n) is 2.17. The first kappa shape index (κ1) is 14.4. The van der Waals surface area contributed by atoms with Crippen molar-refractivity contribution in [3.8, 4) is 0 Å². The maximum Gasteiger partial charge on any atom is 0.495 e. The quantitative estimate of drug-likeness (QED) is 0.759. The summed E-state index contributed by atoms with van der Waals surface area (Å²) in [6.45, 7) is 10.5. The van der Waals surface area contributed by atoms with Gasteiger partial charge in [-0.15, -0.1) is 0 Å². The molecule has 0 bridgehead atoms. The highest BCUT2D eigenvalue weighted by atomic mass is 16.7. The zero-order valence-electron chi connectivity index (χ0n) is 12.6. The Morgan fingerprint density at radius 2 is 1.58 bits per heavy atom. The highest BCUT2D eigenvalue weighted by Crippen LogP contribution is 2.40. The van der Waals surface area contributed by atoms with Crippen LogP contribution in [-0.2, 0) is 9.31 Å². The highest BCUT2D eigenvalue weighted by molar-refractivity contribution is 6.68. The van der Waals surface area contributed by atoms with Gasteiger partial charge in [-0.05, 0) is 45.2 Å². The third-order valence-electron chi connectivity index (χ3n) is 4.04. The zero-order chi connectivity index (χ0) is 14.1. The Morgan fingerprint density at radius 1 is 1.05 bits per heavy atom. The maximum atomic E-state index is 6.14. The molecule has 0 aromatic heterocycles. The highest BCUT2D eigenvalue weighted by Gasteiger charge is 2.52. The Morgan fingerprint density at radius 3 is 2.05 bits per heavy atom. The fraction of sp³-hybridized carbons (Fsp3) is 0.500. The molecule has 1 aromatic carbocycles. The second-order valence-electron chi connectivity index (χ2n) is 6.02. The zero-order valence-corrected chi connectivity index (χ0v) is 12.6. The lowest BCUT2D eigenvalue weighted by Crippen LogP contribution is -2.41. The van der Waals surface area contributed by atoms with Gasteiger partial charge in [-0.1, -0.05) is 43.3 Å². The van der Waals surface area contributed by atoms with Gasteiger partial charge in [0.15, 0.2) is 0 Å². The van der Waals surface area contributed by atoms with Crippen LogP contribution in [0.2, 0.25) is 0 Å². The molecule has 0 N–H and O–H groups in total. The van der Waals surface area contributed by atoms with Gasteiger partial charge in [0, 0.05) is 0 Å². The molecule has 1 fully saturated rings. The SMILES string of the molecule is CC/C=C(/B1OC(C)(C)C(C)(C)O1)c1ccccc1. The topological polar surface area (TPSA) is 18.5 Å². The average molecular weight is 258 g/mol. The van der Waals surface area contributed by atoms with Crippen LogP contribution in [0.15, 0.2) is 36.4 Å². The maximum absolute atomic E-state index is 6.14. The molecule has 2 rings (SSSR count). The minimum atomic E-state index is -0.292. The monoisotopic (exact) mass is 258 g/mol. The molecule has 0 saturated carbocycles. The number of benzene rings is 1. The number of allylic oxidation sites excluding steroid dienone is 1. The number of hydrogen-bond donors (Lipinski definition) is 0. The Balaban J connectivity index is 2.32. The minimum Gasteiger partial charge on any atom is -0.399 e. The first-order valence-electron chi connectivity index (χ1n) is 6.98. The first-order chi connectivity index (χ1) is 8.87. The molecule has 0 spiro atoms. The Bertz CT molecular complexity index is 447. The van der Waals surface area contributed by atoms with E-state index < -0.39 is 0 Å². The van der Waals surface area contributed by atoms with Crippen LogP contribution in [0.5, 0.6) is 0 Å². The van der Waals surface area contributed by atoms with E-state index in [-0.39, 0.29) is 18.3 Å². The van der Waals surface area contributed by atoms with Gasteiger partial charge in [0.1, 0.15) is 0 Å². The van der Waals surface area contributed by atoms with Crippen molar-refractivity contribution in [3.63, 3.8) is 0 Å². The van der Waals surface area contributed by atoms with Crippen LogP contribution in [0.1, 0.15) is 46.6 Å². The van der Waals surface area contributed by atoms with E-state index in [0.717, 1.165) is 11.9 Å². The molecule has 1 aliphatic heterocycles. The van der Waals surface area contributed by atoms with Crippen molar-refractivity contribution < 1.29 is 9.31 Å². The molecule has 0 amide bonds. The summed E-state index contributed by atoms with van der Waals surface area (Å²) in [5.74, 6) is 0. The van der Waals surface area contributed by atoms with Crippen molar-refractivity contribution in [3.05, 3.63) is 42.0 Å². The van der Waals surface area contributed by atoms with Gasteiger partial charge in [0.25, 0.3) is 0 Å². The second-order valence-corrected chi connectivity index (χ2v) is 6.02. The lowest BCUT2D eigenvalue weighted by Gasteiger charge is -2.32. The van der Waals surface area contributed by atoms with Gasteiger partial charge in [0.2, 0.25) is 0 Å². The predicted octanol–water partition coefficient (Wildman–Crippen LogP) is 4.11. The summed E-state index contributed by atoms with van der Waals surface area (Å²) in [6.07, 6.45) is 3.16. The molecule has 0 radical (unpaired) electrons. The van der Waals surface area contributed by atoms with E-state index in [4.69, 9.17) is 9.31 Å². The normalized spacial score (nSPS) is 21.7. The van der Waals surface area contributed by atoms with E-state index in [1.54, 1.807) is 0 Å². The van der Waals surface area contributed by atoms with E-state index in [1.165, 1.54) is 5.56 Å². The predicted molar refractivity (Wildman–Crippen MR) is 80.8 cm³/mol. The Kier molecular flexibility index (Phi) is 3.89. The van der Waals surface area contributed by atoms with Crippen LogP contribution >= 0.6 is 0 Å². The van der Waals surface area contributed by atoms with Gasteiger partial charge in [-0.25, -0.2) is 0 Å². The van der Waals surface area contributed by atoms with Crippen LogP contribution in [0.3, 0.4) is 0 Å². The lowest BCUT2D eigenvalue weighted by molar-refractivity contribution is 0.00578. The van der Waals surface area contributed by atoms with Crippen molar-refractivity contribution in [2.45, 2.75) is 52.2 Å². The molecule has 1 saturated heterocycles. The number of hydrogen-bond acceptors (Lipinski definition) is 2. The molecule has 0 atom stereocenters. The van der Waals surface area contributed by atoms with Crippen molar-refractivity contribution >= 4 is 12.6 Å². The van der Waals surface area contributed by atoms with Crippen LogP contribution in [0, 0.1) is 0 Å². The summed E-state index contributed by atoms with van der Waals surface area (Å²) in [6, 6.07) is 10.3. The molecule has 1 aliphatic rings. The summed E-state index contributed by atoms with van der Waals surface area (Å²) < 4.78 is 12.3. The Hall–Kier alpha value is -1.06. The molecule has 0 unspecified atom stereocenters. The molecule has 1 heterocycles. The molecular weight excluding hydrogens is 235 g/mol. The molecule has 102 valence electrons. The summed E-state index contributed by atoms with van der Waals surface area (Å²) in [7, 11) is -0.285.